The first-order chi connectivity index (χ1) is 6.34. The lowest BCUT2D eigenvalue weighted by Crippen LogP contribution is -2.00. The zero-order valence-electron chi connectivity index (χ0n) is 7.33. The van der Waals surface area contributed by atoms with Crippen molar-refractivity contribution in [2.75, 3.05) is 0 Å². The van der Waals surface area contributed by atoms with E-state index in [0.717, 1.165) is 6.42 Å². The summed E-state index contributed by atoms with van der Waals surface area (Å²) in [5.74, 6) is 0.576. The molecule has 2 atom stereocenters. The molecule has 0 saturated heterocycles. The van der Waals surface area contributed by atoms with Gasteiger partial charge in [0.2, 0.25) is 0 Å². The monoisotopic (exact) mass is 172 g/mol. The summed E-state index contributed by atoms with van der Waals surface area (Å²) in [7, 11) is 0. The lowest BCUT2D eigenvalue weighted by Gasteiger charge is -1.89. The normalized spacial score (nSPS) is 26.5. The topological polar surface area (TPSA) is 41.8 Å². The van der Waals surface area contributed by atoms with E-state index in [1.54, 1.807) is 0 Å². The molecule has 1 aromatic carbocycles. The van der Waals surface area contributed by atoms with Gasteiger partial charge in [0.05, 0.1) is 0 Å². The van der Waals surface area contributed by atoms with Crippen molar-refractivity contribution in [3.8, 4) is 0 Å². The van der Waals surface area contributed by atoms with Crippen LogP contribution < -0.4 is 5.73 Å². The van der Waals surface area contributed by atoms with Gasteiger partial charge in [-0.2, -0.15) is 0 Å². The third-order valence-electron chi connectivity index (χ3n) is 2.79. The Labute approximate surface area is 76.8 Å². The molecule has 2 heteroatoms. The molecule has 1 saturated carbocycles. The van der Waals surface area contributed by atoms with Crippen molar-refractivity contribution in [2.45, 2.75) is 18.4 Å². The lowest BCUT2D eigenvalue weighted by molar-refractivity contribution is 0.963. The van der Waals surface area contributed by atoms with E-state index in [4.69, 9.17) is 5.73 Å². The van der Waals surface area contributed by atoms with E-state index in [-0.39, 0.29) is 0 Å². The predicted octanol–water partition coefficient (Wildman–Crippen LogP) is 1.98. The molecule has 3 N–H and O–H groups in total. The second-order valence-electron chi connectivity index (χ2n) is 3.82. The molecule has 0 aliphatic heterocycles. The van der Waals surface area contributed by atoms with Gasteiger partial charge in [-0.15, -0.1) is 0 Å². The molecule has 0 amide bonds. The number of aromatic amines is 1. The van der Waals surface area contributed by atoms with E-state index < -0.39 is 0 Å². The summed E-state index contributed by atoms with van der Waals surface area (Å²) < 4.78 is 0. The van der Waals surface area contributed by atoms with Crippen LogP contribution in [0.1, 0.15) is 18.0 Å². The number of hydrogen-bond donors (Lipinski definition) is 2. The fourth-order valence-electron chi connectivity index (χ4n) is 1.87. The molecule has 0 spiro atoms. The van der Waals surface area contributed by atoms with Crippen molar-refractivity contribution >= 4 is 10.9 Å². The molecule has 3 rings (SSSR count). The quantitative estimate of drug-likeness (QED) is 0.678. The second kappa shape index (κ2) is 2.36. The second-order valence-corrected chi connectivity index (χ2v) is 3.82. The smallest absolute Gasteiger partial charge is 0.0456 e. The highest BCUT2D eigenvalue weighted by atomic mass is 14.8. The maximum absolute atomic E-state index is 5.80. The number of fused-ring (bicyclic) bond motifs is 1. The minimum Gasteiger partial charge on any atom is -0.358 e. The summed E-state index contributed by atoms with van der Waals surface area (Å²) in [5.41, 5.74) is 8.32. The highest BCUT2D eigenvalue weighted by molar-refractivity contribution is 5.80. The predicted molar refractivity (Wildman–Crippen MR) is 53.6 cm³/mol. The Balaban J connectivity index is 2.12. The summed E-state index contributed by atoms with van der Waals surface area (Å²) in [6.07, 6.45) is 1.13. The number of benzene rings is 1. The molecule has 0 bridgehead atoms. The number of nitrogens with one attached hydrogen (secondary N) is 1. The fourth-order valence-corrected chi connectivity index (χ4v) is 1.87. The van der Waals surface area contributed by atoms with Crippen LogP contribution in [0.25, 0.3) is 10.9 Å². The maximum Gasteiger partial charge on any atom is 0.0456 e. The molecule has 1 aliphatic carbocycles. The Kier molecular flexibility index (Phi) is 1.30. The largest absolute Gasteiger partial charge is 0.358 e. The molecular formula is C11H12N2. The summed E-state index contributed by atoms with van der Waals surface area (Å²) in [6.45, 7) is 0. The van der Waals surface area contributed by atoms with E-state index in [0.29, 0.717) is 12.0 Å². The van der Waals surface area contributed by atoms with Crippen LogP contribution in [0.3, 0.4) is 0 Å². The van der Waals surface area contributed by atoms with E-state index in [1.165, 1.54) is 16.6 Å². The van der Waals surface area contributed by atoms with E-state index in [2.05, 4.69) is 35.3 Å². The fraction of sp³-hybridized carbons (Fsp3) is 0.273. The highest BCUT2D eigenvalue weighted by Crippen LogP contribution is 2.39. The van der Waals surface area contributed by atoms with Crippen molar-refractivity contribution in [2.24, 2.45) is 5.73 Å². The zero-order chi connectivity index (χ0) is 8.84. The average Bonchev–Trinajstić information content (AvgIpc) is 2.74. The van der Waals surface area contributed by atoms with Gasteiger partial charge in [0.1, 0.15) is 0 Å². The summed E-state index contributed by atoms with van der Waals surface area (Å²) in [6, 6.07) is 10.9. The van der Waals surface area contributed by atoms with Crippen LogP contribution in [0.15, 0.2) is 30.3 Å². The molecule has 2 unspecified atom stereocenters. The number of para-hydroxylation sites is 1. The third-order valence-corrected chi connectivity index (χ3v) is 2.79. The van der Waals surface area contributed by atoms with E-state index in [9.17, 15) is 0 Å². The minimum absolute atomic E-state index is 0.382. The number of nitrogens with two attached hydrogens (primary N) is 1. The highest BCUT2D eigenvalue weighted by Gasteiger charge is 2.35. The van der Waals surface area contributed by atoms with Crippen molar-refractivity contribution in [3.63, 3.8) is 0 Å². The van der Waals surface area contributed by atoms with Crippen LogP contribution in [-0.2, 0) is 0 Å². The first-order valence-corrected chi connectivity index (χ1v) is 4.68. The summed E-state index contributed by atoms with van der Waals surface area (Å²) in [5, 5.41) is 1.29. The molecule has 1 heterocycles. The summed E-state index contributed by atoms with van der Waals surface area (Å²) >= 11 is 0. The van der Waals surface area contributed by atoms with Gasteiger partial charge < -0.3 is 10.7 Å². The van der Waals surface area contributed by atoms with Crippen LogP contribution in [-0.4, -0.2) is 11.0 Å². The zero-order valence-corrected chi connectivity index (χ0v) is 7.33. The Morgan fingerprint density at radius 1 is 1.31 bits per heavy atom. The Hall–Kier alpha value is -1.28. The number of rotatable bonds is 1. The molecule has 1 fully saturated rings. The standard InChI is InChI=1S/C11H12N2/c12-9-6-8(9)11-5-7-3-1-2-4-10(7)13-11/h1-5,8-9,13H,6,12H2. The van der Waals surface area contributed by atoms with Crippen molar-refractivity contribution < 1.29 is 0 Å². The van der Waals surface area contributed by atoms with Gasteiger partial charge >= 0.3 is 0 Å². The van der Waals surface area contributed by atoms with E-state index in [1.807, 2.05) is 0 Å². The van der Waals surface area contributed by atoms with E-state index >= 15 is 0 Å². The summed E-state index contributed by atoms with van der Waals surface area (Å²) in [4.78, 5) is 3.41. The van der Waals surface area contributed by atoms with Crippen LogP contribution >= 0.6 is 0 Å². The average molecular weight is 172 g/mol. The minimum atomic E-state index is 0.382. The first kappa shape index (κ1) is 7.15. The van der Waals surface area contributed by atoms with Crippen LogP contribution in [0, 0.1) is 0 Å². The molecule has 2 nitrogen and oxygen atoms in total. The molecule has 0 radical (unpaired) electrons. The van der Waals surface area contributed by atoms with Crippen LogP contribution in [0.4, 0.5) is 0 Å². The molecule has 66 valence electrons. The molecule has 1 aromatic heterocycles. The van der Waals surface area contributed by atoms with Crippen LogP contribution in [0.5, 0.6) is 0 Å². The van der Waals surface area contributed by atoms with Gasteiger partial charge in [-0.05, 0) is 23.9 Å². The SMILES string of the molecule is NC1CC1c1cc2ccccc2[nH]1. The van der Waals surface area contributed by atoms with Crippen molar-refractivity contribution in [1.29, 1.82) is 0 Å². The number of hydrogen-bond acceptors (Lipinski definition) is 1. The molecule has 13 heavy (non-hydrogen) atoms. The molecular weight excluding hydrogens is 160 g/mol. The maximum atomic E-state index is 5.80. The van der Waals surface area contributed by atoms with Crippen LogP contribution in [0.2, 0.25) is 0 Å². The Morgan fingerprint density at radius 3 is 2.77 bits per heavy atom. The van der Waals surface area contributed by atoms with Gasteiger partial charge in [-0.25, -0.2) is 0 Å². The third kappa shape index (κ3) is 1.06. The van der Waals surface area contributed by atoms with Crippen molar-refractivity contribution in [1.82, 2.24) is 4.98 Å². The van der Waals surface area contributed by atoms with Gasteiger partial charge in [0.25, 0.3) is 0 Å². The molecule has 2 aromatic rings. The van der Waals surface area contributed by atoms with Gasteiger partial charge in [-0.3, -0.25) is 0 Å². The van der Waals surface area contributed by atoms with Gasteiger partial charge in [0, 0.05) is 23.2 Å². The number of aromatic nitrogens is 1. The van der Waals surface area contributed by atoms with Gasteiger partial charge in [0.15, 0.2) is 0 Å². The molecule has 1 aliphatic rings. The lowest BCUT2D eigenvalue weighted by atomic mass is 10.2. The van der Waals surface area contributed by atoms with Crippen molar-refractivity contribution in [3.05, 3.63) is 36.0 Å². The first-order valence-electron chi connectivity index (χ1n) is 4.68. The number of H-pyrrole nitrogens is 1. The van der Waals surface area contributed by atoms with Gasteiger partial charge in [-0.1, -0.05) is 18.2 Å². The Morgan fingerprint density at radius 2 is 2.08 bits per heavy atom. The Bertz CT molecular complexity index is 411.